The van der Waals surface area contributed by atoms with Gasteiger partial charge in [-0.3, -0.25) is 14.5 Å². The minimum Gasteiger partial charge on any atom is -0.326 e. The molecule has 0 saturated carbocycles. The molecule has 1 aliphatic heterocycles. The van der Waals surface area contributed by atoms with E-state index in [4.69, 9.17) is 0 Å². The number of sulfonamides is 1. The molecule has 1 atom stereocenters. The van der Waals surface area contributed by atoms with Crippen molar-refractivity contribution in [2.24, 2.45) is 4.40 Å². The van der Waals surface area contributed by atoms with Crippen LogP contribution in [0.3, 0.4) is 0 Å². The van der Waals surface area contributed by atoms with E-state index in [1.807, 2.05) is 25.1 Å². The summed E-state index contributed by atoms with van der Waals surface area (Å²) in [5, 5.41) is 2.15. The van der Waals surface area contributed by atoms with Gasteiger partial charge in [0.15, 0.2) is 5.17 Å². The number of para-hydroxylation sites is 1. The van der Waals surface area contributed by atoms with Crippen molar-refractivity contribution in [2.75, 3.05) is 11.9 Å². The average molecular weight is 510 g/mol. The molecule has 0 bridgehead atoms. The summed E-state index contributed by atoms with van der Waals surface area (Å²) in [6, 6.07) is 13.4. The zero-order valence-electron chi connectivity index (χ0n) is 16.3. The van der Waals surface area contributed by atoms with E-state index in [-0.39, 0.29) is 34.8 Å². The molecule has 1 saturated heterocycles. The highest BCUT2D eigenvalue weighted by Gasteiger charge is 2.39. The molecule has 2 aromatic rings. The lowest BCUT2D eigenvalue weighted by Gasteiger charge is -2.13. The van der Waals surface area contributed by atoms with Crippen molar-refractivity contribution in [1.29, 1.82) is 0 Å². The molecule has 0 unspecified atom stereocenters. The number of amides is 2. The fraction of sp³-hybridized carbons (Fsp3) is 0.250. The summed E-state index contributed by atoms with van der Waals surface area (Å²) in [5.41, 5.74) is 1.59. The fourth-order valence-corrected chi connectivity index (χ4v) is 5.53. The van der Waals surface area contributed by atoms with E-state index in [2.05, 4.69) is 25.6 Å². The number of halogens is 1. The van der Waals surface area contributed by atoms with Gasteiger partial charge < -0.3 is 5.32 Å². The number of carbonyl (C=O) groups is 2. The highest BCUT2D eigenvalue weighted by atomic mass is 79.9. The Morgan fingerprint density at radius 1 is 1.20 bits per heavy atom. The van der Waals surface area contributed by atoms with Crippen molar-refractivity contribution < 1.29 is 18.0 Å². The SMILES string of the molecule is CCN1C(=O)[C@H](CC(=O)Nc2ccccc2C)SC1=NS(=O)(=O)c1ccc(Br)cc1. The number of rotatable bonds is 6. The summed E-state index contributed by atoms with van der Waals surface area (Å²) in [4.78, 5) is 26.5. The van der Waals surface area contributed by atoms with E-state index in [0.29, 0.717) is 5.69 Å². The molecule has 30 heavy (non-hydrogen) atoms. The molecule has 0 spiro atoms. The minimum atomic E-state index is -3.98. The van der Waals surface area contributed by atoms with Crippen LogP contribution in [0.1, 0.15) is 18.9 Å². The molecule has 10 heteroatoms. The number of hydrogen-bond donors (Lipinski definition) is 1. The quantitative estimate of drug-likeness (QED) is 0.638. The monoisotopic (exact) mass is 509 g/mol. The molecule has 1 fully saturated rings. The van der Waals surface area contributed by atoms with E-state index in [0.717, 1.165) is 21.8 Å². The molecule has 1 N–H and O–H groups in total. The number of anilines is 1. The number of carbonyl (C=O) groups excluding carboxylic acids is 2. The summed E-state index contributed by atoms with van der Waals surface area (Å²) in [6.45, 7) is 3.87. The molecule has 1 aliphatic rings. The van der Waals surface area contributed by atoms with Crippen LogP contribution < -0.4 is 5.32 Å². The third-order valence-corrected chi connectivity index (χ3v) is 7.54. The van der Waals surface area contributed by atoms with E-state index >= 15 is 0 Å². The third-order valence-electron chi connectivity index (χ3n) is 4.44. The molecule has 2 amide bonds. The molecular weight excluding hydrogens is 490 g/mol. The number of amidine groups is 1. The van der Waals surface area contributed by atoms with Gasteiger partial charge in [-0.1, -0.05) is 45.9 Å². The first-order valence-electron chi connectivity index (χ1n) is 9.15. The number of hydrogen-bond acceptors (Lipinski definition) is 5. The normalized spacial score (nSPS) is 18.1. The third kappa shape index (κ3) is 5.11. The Morgan fingerprint density at radius 2 is 1.87 bits per heavy atom. The predicted molar refractivity (Wildman–Crippen MR) is 122 cm³/mol. The van der Waals surface area contributed by atoms with Gasteiger partial charge in [-0.2, -0.15) is 8.42 Å². The van der Waals surface area contributed by atoms with Crippen molar-refractivity contribution in [2.45, 2.75) is 30.4 Å². The Hall–Kier alpha value is -2.17. The van der Waals surface area contributed by atoms with Crippen molar-refractivity contribution >= 4 is 60.4 Å². The van der Waals surface area contributed by atoms with Crippen LogP contribution >= 0.6 is 27.7 Å². The van der Waals surface area contributed by atoms with E-state index < -0.39 is 15.3 Å². The van der Waals surface area contributed by atoms with Gasteiger partial charge in [0.1, 0.15) is 5.25 Å². The Balaban J connectivity index is 1.77. The molecule has 0 radical (unpaired) electrons. The first-order chi connectivity index (χ1) is 14.2. The van der Waals surface area contributed by atoms with Crippen molar-refractivity contribution in [3.8, 4) is 0 Å². The number of nitrogens with zero attached hydrogens (tertiary/aromatic N) is 2. The Labute approximate surface area is 188 Å². The maximum Gasteiger partial charge on any atom is 0.284 e. The highest BCUT2D eigenvalue weighted by Crippen LogP contribution is 2.31. The van der Waals surface area contributed by atoms with Crippen LogP contribution in [0.2, 0.25) is 0 Å². The van der Waals surface area contributed by atoms with E-state index in [1.54, 1.807) is 25.1 Å². The second kappa shape index (κ2) is 9.32. The molecule has 0 aliphatic carbocycles. The van der Waals surface area contributed by atoms with Crippen molar-refractivity contribution in [1.82, 2.24) is 4.90 Å². The second-order valence-corrected chi connectivity index (χ2v) is 10.2. The van der Waals surface area contributed by atoms with E-state index in [1.165, 1.54) is 17.0 Å². The maximum absolute atomic E-state index is 12.7. The van der Waals surface area contributed by atoms with Crippen LogP contribution in [0, 0.1) is 6.92 Å². The molecule has 3 rings (SSSR count). The van der Waals surface area contributed by atoms with Crippen LogP contribution in [0.5, 0.6) is 0 Å². The van der Waals surface area contributed by atoms with Gasteiger partial charge in [0.2, 0.25) is 11.8 Å². The number of aryl methyl sites for hydroxylation is 1. The summed E-state index contributed by atoms with van der Waals surface area (Å²) in [7, 11) is -3.98. The predicted octanol–water partition coefficient (Wildman–Crippen LogP) is 3.79. The first-order valence-corrected chi connectivity index (χ1v) is 12.3. The minimum absolute atomic E-state index is 0.0306. The molecular formula is C20H20BrN3O4S2. The number of thioether (sulfide) groups is 1. The van der Waals surface area contributed by atoms with Crippen LogP contribution in [0.15, 0.2) is 62.3 Å². The molecule has 0 aromatic heterocycles. The standard InChI is InChI=1S/C20H20BrN3O4S2/c1-3-24-19(26)17(12-18(25)22-16-7-5-4-6-13(16)2)29-20(24)23-30(27,28)15-10-8-14(21)9-11-15/h4-11,17H,3,12H2,1-2H3,(H,22,25)/t17-/m0/s1. The van der Waals surface area contributed by atoms with Gasteiger partial charge in [-0.05, 0) is 49.7 Å². The maximum atomic E-state index is 12.7. The van der Waals surface area contributed by atoms with Crippen molar-refractivity contribution in [3.05, 3.63) is 58.6 Å². The topological polar surface area (TPSA) is 95.9 Å². The van der Waals surface area contributed by atoms with Crippen LogP contribution in [0.25, 0.3) is 0 Å². The van der Waals surface area contributed by atoms with Crippen LogP contribution in [-0.4, -0.2) is 42.1 Å². The molecule has 2 aromatic carbocycles. The highest BCUT2D eigenvalue weighted by molar-refractivity contribution is 9.10. The first kappa shape index (κ1) is 22.5. The largest absolute Gasteiger partial charge is 0.326 e. The van der Waals surface area contributed by atoms with Crippen LogP contribution in [0.4, 0.5) is 5.69 Å². The zero-order chi connectivity index (χ0) is 21.9. The zero-order valence-corrected chi connectivity index (χ0v) is 19.6. The summed E-state index contributed by atoms with van der Waals surface area (Å²) in [6.07, 6.45) is -0.0777. The average Bonchev–Trinajstić information content (AvgIpc) is 2.97. The van der Waals surface area contributed by atoms with E-state index in [9.17, 15) is 18.0 Å². The summed E-state index contributed by atoms with van der Waals surface area (Å²) < 4.78 is 29.9. The molecule has 1 heterocycles. The van der Waals surface area contributed by atoms with Gasteiger partial charge in [0.25, 0.3) is 10.0 Å². The van der Waals surface area contributed by atoms with Crippen LogP contribution in [-0.2, 0) is 19.6 Å². The Bertz CT molecular complexity index is 1100. The van der Waals surface area contributed by atoms with Gasteiger partial charge in [-0.25, -0.2) is 0 Å². The number of nitrogens with one attached hydrogen (secondary N) is 1. The fourth-order valence-electron chi connectivity index (χ4n) is 2.85. The summed E-state index contributed by atoms with van der Waals surface area (Å²) >= 11 is 4.26. The van der Waals surface area contributed by atoms with Gasteiger partial charge in [-0.15, -0.1) is 4.40 Å². The van der Waals surface area contributed by atoms with Gasteiger partial charge in [0.05, 0.1) is 4.90 Å². The Morgan fingerprint density at radius 3 is 2.50 bits per heavy atom. The molecule has 158 valence electrons. The van der Waals surface area contributed by atoms with Crippen molar-refractivity contribution in [3.63, 3.8) is 0 Å². The molecule has 7 nitrogen and oxygen atoms in total. The lowest BCUT2D eigenvalue weighted by Crippen LogP contribution is -2.33. The Kier molecular flexibility index (Phi) is 6.99. The summed E-state index contributed by atoms with van der Waals surface area (Å²) in [5.74, 6) is -0.643. The van der Waals surface area contributed by atoms with Gasteiger partial charge in [0, 0.05) is 23.1 Å². The van der Waals surface area contributed by atoms with Gasteiger partial charge >= 0.3 is 0 Å². The smallest absolute Gasteiger partial charge is 0.284 e. The lowest BCUT2D eigenvalue weighted by atomic mass is 10.2. The lowest BCUT2D eigenvalue weighted by molar-refractivity contribution is -0.128. The number of benzene rings is 2. The second-order valence-electron chi connectivity index (χ2n) is 6.56.